The lowest BCUT2D eigenvalue weighted by atomic mass is 10.1. The number of hydrogen-bond donors (Lipinski definition) is 2. The van der Waals surface area contributed by atoms with Crippen molar-refractivity contribution in [2.24, 2.45) is 5.14 Å². The van der Waals surface area contributed by atoms with Crippen molar-refractivity contribution in [3.8, 4) is 5.75 Å². The van der Waals surface area contributed by atoms with E-state index < -0.39 is 10.0 Å². The third-order valence-electron chi connectivity index (χ3n) is 5.22. The zero-order valence-corrected chi connectivity index (χ0v) is 15.1. The second-order valence-corrected chi connectivity index (χ2v) is 8.52. The van der Waals surface area contributed by atoms with Gasteiger partial charge in [0.2, 0.25) is 10.0 Å². The topological polar surface area (TPSA) is 92.9 Å². The molecular formula is C19H22N2O4S. The monoisotopic (exact) mass is 374 g/mol. The number of nitrogens with two attached hydrogens (primary N) is 1. The summed E-state index contributed by atoms with van der Waals surface area (Å²) < 4.78 is 29.1. The normalized spacial score (nSPS) is 26.0. The van der Waals surface area contributed by atoms with Gasteiger partial charge in [-0.25, -0.2) is 13.6 Å². The molecule has 138 valence electrons. The Balaban J connectivity index is 1.61. The third-order valence-corrected chi connectivity index (χ3v) is 6.15. The van der Waals surface area contributed by atoms with Gasteiger partial charge in [0.1, 0.15) is 11.9 Å². The number of β-amino-alcohol motifs (C(OH)–C–C–N with tert-alkyl or cyclic N) is 1. The fraction of sp³-hybridized carbons (Fsp3) is 0.368. The summed E-state index contributed by atoms with van der Waals surface area (Å²) in [5, 5.41) is 15.1. The van der Waals surface area contributed by atoms with E-state index in [2.05, 4.69) is 17.0 Å². The Morgan fingerprint density at radius 2 is 1.85 bits per heavy atom. The van der Waals surface area contributed by atoms with Gasteiger partial charge in [0.15, 0.2) is 0 Å². The number of aliphatic hydroxyl groups is 1. The molecule has 0 aromatic heterocycles. The van der Waals surface area contributed by atoms with Crippen molar-refractivity contribution in [1.82, 2.24) is 4.90 Å². The first-order valence-electron chi connectivity index (χ1n) is 8.71. The number of sulfonamides is 1. The molecule has 0 saturated carbocycles. The maximum atomic E-state index is 11.4. The molecule has 7 heteroatoms. The molecule has 1 aliphatic carbocycles. The van der Waals surface area contributed by atoms with Gasteiger partial charge in [0.25, 0.3) is 0 Å². The highest BCUT2D eigenvalue weighted by molar-refractivity contribution is 7.89. The van der Waals surface area contributed by atoms with E-state index in [1.165, 1.54) is 17.7 Å². The number of nitrogens with zero attached hydrogens (tertiary/aromatic N) is 1. The summed E-state index contributed by atoms with van der Waals surface area (Å²) in [6.45, 7) is 1.51. The molecule has 1 heterocycles. The highest BCUT2D eigenvalue weighted by Gasteiger charge is 2.40. The minimum Gasteiger partial charge on any atom is -0.484 e. The Labute approximate surface area is 153 Å². The molecule has 6 nitrogen and oxygen atoms in total. The summed E-state index contributed by atoms with van der Waals surface area (Å²) in [5.74, 6) is 0.601. The van der Waals surface area contributed by atoms with Crippen LogP contribution in [0.15, 0.2) is 53.4 Å². The smallest absolute Gasteiger partial charge is 0.238 e. The van der Waals surface area contributed by atoms with Gasteiger partial charge in [0.05, 0.1) is 17.0 Å². The first kappa shape index (κ1) is 17.5. The summed E-state index contributed by atoms with van der Waals surface area (Å²) in [6.07, 6.45) is 1.22. The molecule has 1 saturated heterocycles. The second-order valence-electron chi connectivity index (χ2n) is 6.96. The van der Waals surface area contributed by atoms with Gasteiger partial charge >= 0.3 is 0 Å². The van der Waals surface area contributed by atoms with Crippen molar-refractivity contribution < 1.29 is 18.3 Å². The molecule has 0 bridgehead atoms. The Morgan fingerprint density at radius 3 is 2.50 bits per heavy atom. The van der Waals surface area contributed by atoms with Gasteiger partial charge < -0.3 is 9.84 Å². The van der Waals surface area contributed by atoms with Crippen molar-refractivity contribution in [2.45, 2.75) is 36.0 Å². The van der Waals surface area contributed by atoms with Crippen LogP contribution in [0.25, 0.3) is 0 Å². The molecule has 4 rings (SSSR count). The maximum Gasteiger partial charge on any atom is 0.238 e. The van der Waals surface area contributed by atoms with E-state index in [1.807, 2.05) is 12.1 Å². The largest absolute Gasteiger partial charge is 0.484 e. The summed E-state index contributed by atoms with van der Waals surface area (Å²) >= 11 is 0. The average molecular weight is 374 g/mol. The number of ether oxygens (including phenoxy) is 1. The van der Waals surface area contributed by atoms with Gasteiger partial charge in [-0.05, 0) is 48.2 Å². The number of aliphatic hydroxyl groups excluding tert-OH is 1. The van der Waals surface area contributed by atoms with Crippen molar-refractivity contribution in [3.05, 3.63) is 59.7 Å². The standard InChI is InChI=1S/C19H22N2O4S/c20-26(23,24)16-7-5-15(6-8-16)25-19-17-4-2-1-3-13(17)11-18(19)21-10-9-14(22)12-21/h1-8,14,18-19,22H,9-12H2,(H2,20,23,24)/t14-,18?,19?/m1/s1. The van der Waals surface area contributed by atoms with Crippen LogP contribution in [-0.4, -0.2) is 43.7 Å². The lowest BCUT2D eigenvalue weighted by Gasteiger charge is -2.30. The molecule has 26 heavy (non-hydrogen) atoms. The van der Waals surface area contributed by atoms with Crippen molar-refractivity contribution in [3.63, 3.8) is 0 Å². The Kier molecular flexibility index (Phi) is 4.48. The van der Waals surface area contributed by atoms with Crippen LogP contribution in [0, 0.1) is 0 Å². The first-order valence-corrected chi connectivity index (χ1v) is 10.3. The minimum absolute atomic E-state index is 0.0656. The molecule has 2 aromatic carbocycles. The van der Waals surface area contributed by atoms with Crippen LogP contribution >= 0.6 is 0 Å². The SMILES string of the molecule is NS(=O)(=O)c1ccc(OC2c3ccccc3CC2N2CC[C@@H](O)C2)cc1. The molecule has 2 aromatic rings. The van der Waals surface area contributed by atoms with Crippen molar-refractivity contribution >= 4 is 10.0 Å². The van der Waals surface area contributed by atoms with E-state index in [4.69, 9.17) is 9.88 Å². The fourth-order valence-corrected chi connectivity index (χ4v) is 4.44. The van der Waals surface area contributed by atoms with Gasteiger partial charge in [0, 0.05) is 13.1 Å². The molecule has 0 radical (unpaired) electrons. The number of hydrogen-bond acceptors (Lipinski definition) is 5. The predicted molar refractivity (Wildman–Crippen MR) is 97.3 cm³/mol. The summed E-state index contributed by atoms with van der Waals surface area (Å²) in [4.78, 5) is 2.35. The quantitative estimate of drug-likeness (QED) is 0.845. The molecule has 0 spiro atoms. The molecule has 2 aliphatic rings. The molecule has 0 amide bonds. The van der Waals surface area contributed by atoms with E-state index >= 15 is 0 Å². The molecule has 2 unspecified atom stereocenters. The molecule has 1 aliphatic heterocycles. The van der Waals surface area contributed by atoms with Crippen LogP contribution in [0.1, 0.15) is 23.7 Å². The van der Waals surface area contributed by atoms with Crippen LogP contribution in [0.4, 0.5) is 0 Å². The van der Waals surface area contributed by atoms with Crippen LogP contribution in [0.5, 0.6) is 5.75 Å². The summed E-state index contributed by atoms with van der Waals surface area (Å²) in [7, 11) is -3.72. The van der Waals surface area contributed by atoms with Gasteiger partial charge in [-0.3, -0.25) is 4.90 Å². The van der Waals surface area contributed by atoms with E-state index in [9.17, 15) is 13.5 Å². The zero-order chi connectivity index (χ0) is 18.3. The van der Waals surface area contributed by atoms with Gasteiger partial charge in [-0.15, -0.1) is 0 Å². The molecule has 1 fully saturated rings. The van der Waals surface area contributed by atoms with Crippen LogP contribution in [-0.2, 0) is 16.4 Å². The third kappa shape index (κ3) is 3.35. The first-order chi connectivity index (χ1) is 12.4. The Bertz CT molecular complexity index is 898. The molecular weight excluding hydrogens is 352 g/mol. The van der Waals surface area contributed by atoms with E-state index in [0.717, 1.165) is 24.9 Å². The van der Waals surface area contributed by atoms with Gasteiger partial charge in [-0.1, -0.05) is 24.3 Å². The van der Waals surface area contributed by atoms with E-state index in [1.54, 1.807) is 12.1 Å². The number of primary sulfonamides is 1. The number of rotatable bonds is 4. The van der Waals surface area contributed by atoms with Gasteiger partial charge in [-0.2, -0.15) is 0 Å². The zero-order valence-electron chi connectivity index (χ0n) is 14.3. The fourth-order valence-electron chi connectivity index (χ4n) is 3.92. The predicted octanol–water partition coefficient (Wildman–Crippen LogP) is 1.45. The average Bonchev–Trinajstić information content (AvgIpc) is 3.19. The molecule has 3 N–H and O–H groups in total. The van der Waals surface area contributed by atoms with E-state index in [-0.39, 0.29) is 23.1 Å². The van der Waals surface area contributed by atoms with Crippen LogP contribution in [0.3, 0.4) is 0 Å². The van der Waals surface area contributed by atoms with Crippen LogP contribution in [0.2, 0.25) is 0 Å². The van der Waals surface area contributed by atoms with Crippen molar-refractivity contribution in [2.75, 3.05) is 13.1 Å². The van der Waals surface area contributed by atoms with Crippen molar-refractivity contribution in [1.29, 1.82) is 0 Å². The summed E-state index contributed by atoms with van der Waals surface area (Å²) in [5.41, 5.74) is 2.40. The summed E-state index contributed by atoms with van der Waals surface area (Å²) in [6, 6.07) is 14.6. The second kappa shape index (κ2) is 6.66. The lowest BCUT2D eigenvalue weighted by Crippen LogP contribution is -2.39. The molecule has 3 atom stereocenters. The van der Waals surface area contributed by atoms with E-state index in [0.29, 0.717) is 12.3 Å². The Morgan fingerprint density at radius 1 is 1.12 bits per heavy atom. The number of benzene rings is 2. The number of fused-ring (bicyclic) bond motifs is 1. The Hall–Kier alpha value is -1.93. The highest BCUT2D eigenvalue weighted by atomic mass is 32.2. The highest BCUT2D eigenvalue weighted by Crippen LogP contribution is 2.39. The number of likely N-dealkylation sites (tertiary alicyclic amines) is 1. The maximum absolute atomic E-state index is 11.4. The van der Waals surface area contributed by atoms with Crippen LogP contribution < -0.4 is 9.88 Å². The lowest BCUT2D eigenvalue weighted by molar-refractivity contribution is 0.0818. The minimum atomic E-state index is -3.72.